The highest BCUT2D eigenvalue weighted by Gasteiger charge is 2.28. The Bertz CT molecular complexity index is 730. The number of carbonyl (C=O) groups is 1. The summed E-state index contributed by atoms with van der Waals surface area (Å²) in [6.45, 7) is 5.03. The van der Waals surface area contributed by atoms with Gasteiger partial charge in [0.2, 0.25) is 0 Å². The molecule has 24 heavy (non-hydrogen) atoms. The standard InChI is InChI=1S/C18H22N2O4/c1-11-9-20(10-12(2)23-11)18(21)17-7-6-16(24-17)14-8-13(19)4-5-15(14)22-3/h4-8,11-12H,9-10,19H2,1-3H3/t11-,12-/m1/s1. The maximum atomic E-state index is 12.7. The number of amides is 1. The molecule has 6 nitrogen and oxygen atoms in total. The molecule has 2 heterocycles. The van der Waals surface area contributed by atoms with Crippen LogP contribution in [0.5, 0.6) is 5.75 Å². The smallest absolute Gasteiger partial charge is 0.289 e. The Morgan fingerprint density at radius 2 is 1.92 bits per heavy atom. The molecule has 1 aromatic heterocycles. The summed E-state index contributed by atoms with van der Waals surface area (Å²) in [6.07, 6.45) is 0.0299. The zero-order valence-corrected chi connectivity index (χ0v) is 14.1. The number of nitrogens with zero attached hydrogens (tertiary/aromatic N) is 1. The molecule has 2 N–H and O–H groups in total. The summed E-state index contributed by atoms with van der Waals surface area (Å²) >= 11 is 0. The predicted octanol–water partition coefficient (Wildman–Crippen LogP) is 2.79. The van der Waals surface area contributed by atoms with E-state index in [4.69, 9.17) is 19.6 Å². The molecule has 0 saturated carbocycles. The van der Waals surface area contributed by atoms with Crippen LogP contribution in [0, 0.1) is 0 Å². The Balaban J connectivity index is 1.85. The molecule has 0 bridgehead atoms. The molecule has 1 saturated heterocycles. The summed E-state index contributed by atoms with van der Waals surface area (Å²) in [5.41, 5.74) is 7.17. The van der Waals surface area contributed by atoms with Crippen LogP contribution < -0.4 is 10.5 Å². The van der Waals surface area contributed by atoms with Crippen LogP contribution in [0.25, 0.3) is 11.3 Å². The Kier molecular flexibility index (Phi) is 4.49. The summed E-state index contributed by atoms with van der Waals surface area (Å²) in [4.78, 5) is 14.4. The molecule has 128 valence electrons. The first-order valence-corrected chi connectivity index (χ1v) is 7.96. The quantitative estimate of drug-likeness (QED) is 0.876. The van der Waals surface area contributed by atoms with Crippen LogP contribution in [0.4, 0.5) is 5.69 Å². The van der Waals surface area contributed by atoms with Gasteiger partial charge in [-0.05, 0) is 44.2 Å². The molecular weight excluding hydrogens is 308 g/mol. The minimum atomic E-state index is -0.133. The first-order valence-electron chi connectivity index (χ1n) is 7.96. The van der Waals surface area contributed by atoms with Crippen LogP contribution in [0.1, 0.15) is 24.4 Å². The molecule has 3 rings (SSSR count). The van der Waals surface area contributed by atoms with Crippen LogP contribution >= 0.6 is 0 Å². The van der Waals surface area contributed by atoms with E-state index >= 15 is 0 Å². The molecule has 1 aromatic carbocycles. The number of hydrogen-bond acceptors (Lipinski definition) is 5. The normalized spacial score (nSPS) is 20.9. The van der Waals surface area contributed by atoms with Gasteiger partial charge in [0.25, 0.3) is 5.91 Å². The Morgan fingerprint density at radius 3 is 2.58 bits per heavy atom. The fourth-order valence-corrected chi connectivity index (χ4v) is 3.02. The number of ether oxygens (including phenoxy) is 2. The highest BCUT2D eigenvalue weighted by Crippen LogP contribution is 2.33. The number of nitrogen functional groups attached to an aromatic ring is 1. The first kappa shape index (κ1) is 16.4. The number of nitrogens with two attached hydrogens (primary N) is 1. The van der Waals surface area contributed by atoms with E-state index in [1.807, 2.05) is 13.8 Å². The molecule has 6 heteroatoms. The van der Waals surface area contributed by atoms with Crippen molar-refractivity contribution in [1.82, 2.24) is 4.90 Å². The number of carbonyl (C=O) groups excluding carboxylic acids is 1. The molecule has 1 aliphatic rings. The number of methoxy groups -OCH3 is 1. The zero-order valence-electron chi connectivity index (χ0n) is 14.1. The average molecular weight is 330 g/mol. The van der Waals surface area contributed by atoms with E-state index in [2.05, 4.69) is 0 Å². The second-order valence-corrected chi connectivity index (χ2v) is 6.09. The topological polar surface area (TPSA) is 77.9 Å². The summed E-state index contributed by atoms with van der Waals surface area (Å²) in [7, 11) is 1.58. The number of rotatable bonds is 3. The van der Waals surface area contributed by atoms with Crippen molar-refractivity contribution in [2.45, 2.75) is 26.1 Å². The third-order valence-electron chi connectivity index (χ3n) is 4.01. The van der Waals surface area contributed by atoms with Crippen LogP contribution in [-0.4, -0.2) is 43.2 Å². The lowest BCUT2D eigenvalue weighted by atomic mass is 10.1. The second-order valence-electron chi connectivity index (χ2n) is 6.09. The van der Waals surface area contributed by atoms with Crippen molar-refractivity contribution in [1.29, 1.82) is 0 Å². The number of morpholine rings is 1. The van der Waals surface area contributed by atoms with Crippen molar-refractivity contribution in [3.05, 3.63) is 36.1 Å². The van der Waals surface area contributed by atoms with Gasteiger partial charge < -0.3 is 24.5 Å². The predicted molar refractivity (Wildman–Crippen MR) is 91.0 cm³/mol. The van der Waals surface area contributed by atoms with E-state index in [0.29, 0.717) is 36.0 Å². The molecule has 1 aliphatic heterocycles. The summed E-state index contributed by atoms with van der Waals surface area (Å²) in [5.74, 6) is 1.37. The highest BCUT2D eigenvalue weighted by molar-refractivity contribution is 5.92. The minimum Gasteiger partial charge on any atom is -0.496 e. The van der Waals surface area contributed by atoms with Crippen LogP contribution in [0.15, 0.2) is 34.7 Å². The van der Waals surface area contributed by atoms with Gasteiger partial charge in [0.1, 0.15) is 11.5 Å². The SMILES string of the molecule is COc1ccc(N)cc1-c1ccc(C(=O)N2C[C@@H](C)O[C@H](C)C2)o1. The van der Waals surface area contributed by atoms with Crippen LogP contribution in [0.2, 0.25) is 0 Å². The van der Waals surface area contributed by atoms with Gasteiger partial charge >= 0.3 is 0 Å². The van der Waals surface area contributed by atoms with Gasteiger partial charge in [-0.2, -0.15) is 0 Å². The summed E-state index contributed by atoms with van der Waals surface area (Å²) < 4.78 is 16.8. The lowest BCUT2D eigenvalue weighted by molar-refractivity contribution is -0.0592. The Hall–Kier alpha value is -2.47. The molecule has 0 aliphatic carbocycles. The molecule has 2 aromatic rings. The Morgan fingerprint density at radius 1 is 1.21 bits per heavy atom. The lowest BCUT2D eigenvalue weighted by Crippen LogP contribution is -2.48. The minimum absolute atomic E-state index is 0.0150. The Labute approximate surface area is 141 Å². The monoisotopic (exact) mass is 330 g/mol. The van der Waals surface area contributed by atoms with Crippen molar-refractivity contribution in [3.63, 3.8) is 0 Å². The maximum Gasteiger partial charge on any atom is 0.289 e. The van der Waals surface area contributed by atoms with Gasteiger partial charge in [0, 0.05) is 18.8 Å². The van der Waals surface area contributed by atoms with Crippen molar-refractivity contribution in [2.24, 2.45) is 0 Å². The molecule has 0 unspecified atom stereocenters. The first-order chi connectivity index (χ1) is 11.5. The number of benzene rings is 1. The summed E-state index contributed by atoms with van der Waals surface area (Å²) in [6, 6.07) is 8.75. The maximum absolute atomic E-state index is 12.7. The zero-order chi connectivity index (χ0) is 17.3. The molecule has 1 amide bonds. The molecule has 2 atom stereocenters. The third-order valence-corrected chi connectivity index (χ3v) is 4.01. The fourth-order valence-electron chi connectivity index (χ4n) is 3.02. The molecule has 1 fully saturated rings. The van der Waals surface area contributed by atoms with Gasteiger partial charge in [-0.1, -0.05) is 0 Å². The van der Waals surface area contributed by atoms with E-state index in [1.54, 1.807) is 42.3 Å². The van der Waals surface area contributed by atoms with E-state index < -0.39 is 0 Å². The fraction of sp³-hybridized carbons (Fsp3) is 0.389. The third kappa shape index (κ3) is 3.23. The molecule has 0 radical (unpaired) electrons. The van der Waals surface area contributed by atoms with Crippen molar-refractivity contribution in [3.8, 4) is 17.1 Å². The van der Waals surface area contributed by atoms with E-state index in [0.717, 1.165) is 5.56 Å². The average Bonchev–Trinajstić information content (AvgIpc) is 3.03. The van der Waals surface area contributed by atoms with Gasteiger partial charge in [0.15, 0.2) is 5.76 Å². The highest BCUT2D eigenvalue weighted by atomic mass is 16.5. The summed E-state index contributed by atoms with van der Waals surface area (Å²) in [5, 5.41) is 0. The van der Waals surface area contributed by atoms with E-state index in [1.165, 1.54) is 0 Å². The van der Waals surface area contributed by atoms with Crippen molar-refractivity contribution in [2.75, 3.05) is 25.9 Å². The van der Waals surface area contributed by atoms with Crippen LogP contribution in [-0.2, 0) is 4.74 Å². The van der Waals surface area contributed by atoms with Gasteiger partial charge in [0.05, 0.1) is 24.9 Å². The van der Waals surface area contributed by atoms with Crippen molar-refractivity contribution < 1.29 is 18.7 Å². The van der Waals surface area contributed by atoms with Gasteiger partial charge in [-0.3, -0.25) is 4.79 Å². The second kappa shape index (κ2) is 6.57. The lowest BCUT2D eigenvalue weighted by Gasteiger charge is -2.34. The number of furan rings is 1. The van der Waals surface area contributed by atoms with Gasteiger partial charge in [-0.25, -0.2) is 0 Å². The number of hydrogen-bond donors (Lipinski definition) is 1. The van der Waals surface area contributed by atoms with Crippen molar-refractivity contribution >= 4 is 11.6 Å². The van der Waals surface area contributed by atoms with E-state index in [-0.39, 0.29) is 18.1 Å². The van der Waals surface area contributed by atoms with E-state index in [9.17, 15) is 4.79 Å². The largest absolute Gasteiger partial charge is 0.496 e. The van der Waals surface area contributed by atoms with Crippen LogP contribution in [0.3, 0.4) is 0 Å². The van der Waals surface area contributed by atoms with Gasteiger partial charge in [-0.15, -0.1) is 0 Å². The molecule has 0 spiro atoms. The molecular formula is C18H22N2O4. The number of anilines is 1.